The summed E-state index contributed by atoms with van der Waals surface area (Å²) in [5, 5.41) is 11.9. The average Bonchev–Trinajstić information content (AvgIpc) is 2.42. The van der Waals surface area contributed by atoms with Crippen molar-refractivity contribution in [2.75, 3.05) is 26.8 Å². The predicted octanol–water partition coefficient (Wildman–Crippen LogP) is 0.916. The Kier molecular flexibility index (Phi) is 6.38. The molecule has 0 aliphatic rings. The molecule has 0 fully saturated rings. The molecule has 0 saturated heterocycles. The molecule has 0 aromatic heterocycles. The molecular formula is C13H17NO5. The van der Waals surface area contributed by atoms with E-state index in [1.54, 1.807) is 18.2 Å². The number of methoxy groups -OCH3 is 1. The minimum atomic E-state index is -1.02. The molecule has 0 bridgehead atoms. The summed E-state index contributed by atoms with van der Waals surface area (Å²) in [5.41, 5.74) is 0.136. The molecule has 0 saturated carbocycles. The Morgan fingerprint density at radius 2 is 2.00 bits per heavy atom. The number of esters is 1. The second-order valence-corrected chi connectivity index (χ2v) is 3.73. The molecule has 1 aromatic rings. The van der Waals surface area contributed by atoms with E-state index in [4.69, 9.17) is 9.84 Å². The van der Waals surface area contributed by atoms with E-state index in [1.165, 1.54) is 13.2 Å². The first-order chi connectivity index (χ1) is 9.15. The summed E-state index contributed by atoms with van der Waals surface area (Å²) in [7, 11) is 1.34. The fourth-order valence-corrected chi connectivity index (χ4v) is 1.42. The van der Waals surface area contributed by atoms with Crippen LogP contribution in [0.5, 0.6) is 5.75 Å². The third kappa shape index (κ3) is 5.39. The van der Waals surface area contributed by atoms with Gasteiger partial charge in [0.25, 0.3) is 0 Å². The molecule has 0 spiro atoms. The van der Waals surface area contributed by atoms with E-state index in [0.717, 1.165) is 0 Å². The largest absolute Gasteiger partial charge is 0.491 e. The second kappa shape index (κ2) is 8.10. The van der Waals surface area contributed by atoms with E-state index >= 15 is 0 Å². The molecular weight excluding hydrogens is 250 g/mol. The van der Waals surface area contributed by atoms with Crippen molar-refractivity contribution in [3.63, 3.8) is 0 Å². The van der Waals surface area contributed by atoms with Gasteiger partial charge in [-0.3, -0.25) is 4.79 Å². The van der Waals surface area contributed by atoms with Crippen LogP contribution in [0.15, 0.2) is 24.3 Å². The molecule has 0 aliphatic heterocycles. The highest BCUT2D eigenvalue weighted by atomic mass is 16.5. The van der Waals surface area contributed by atoms with Gasteiger partial charge in [0.2, 0.25) is 0 Å². The summed E-state index contributed by atoms with van der Waals surface area (Å²) in [5.74, 6) is -0.955. The van der Waals surface area contributed by atoms with Crippen LogP contribution in [-0.2, 0) is 9.53 Å². The lowest BCUT2D eigenvalue weighted by atomic mass is 10.2. The summed E-state index contributed by atoms with van der Waals surface area (Å²) in [4.78, 5) is 21.7. The van der Waals surface area contributed by atoms with Crippen molar-refractivity contribution in [3.05, 3.63) is 29.8 Å². The van der Waals surface area contributed by atoms with Gasteiger partial charge in [-0.05, 0) is 12.1 Å². The molecule has 2 N–H and O–H groups in total. The smallest absolute Gasteiger partial charge is 0.339 e. The lowest BCUT2D eigenvalue weighted by Crippen LogP contribution is -2.24. The maximum atomic E-state index is 10.9. The minimum Gasteiger partial charge on any atom is -0.491 e. The molecule has 6 heteroatoms. The highest BCUT2D eigenvalue weighted by molar-refractivity contribution is 5.90. The van der Waals surface area contributed by atoms with Crippen molar-refractivity contribution in [1.82, 2.24) is 5.32 Å². The first-order valence-electron chi connectivity index (χ1n) is 5.88. The SMILES string of the molecule is COC(=O)CCNCCOc1ccccc1C(=O)O. The van der Waals surface area contributed by atoms with Crippen LogP contribution in [0.1, 0.15) is 16.8 Å². The second-order valence-electron chi connectivity index (χ2n) is 3.73. The number of ether oxygens (including phenoxy) is 2. The Morgan fingerprint density at radius 1 is 1.26 bits per heavy atom. The van der Waals surface area contributed by atoms with Gasteiger partial charge in [-0.25, -0.2) is 4.79 Å². The summed E-state index contributed by atoms with van der Waals surface area (Å²) < 4.78 is 9.87. The van der Waals surface area contributed by atoms with Crippen molar-refractivity contribution in [1.29, 1.82) is 0 Å². The van der Waals surface area contributed by atoms with Crippen molar-refractivity contribution in [3.8, 4) is 5.75 Å². The number of aromatic carboxylic acids is 1. The molecule has 0 radical (unpaired) electrons. The van der Waals surface area contributed by atoms with Crippen molar-refractivity contribution in [2.45, 2.75) is 6.42 Å². The third-order valence-corrected chi connectivity index (χ3v) is 2.39. The zero-order valence-electron chi connectivity index (χ0n) is 10.7. The normalized spacial score (nSPS) is 9.95. The van der Waals surface area contributed by atoms with Gasteiger partial charge in [-0.2, -0.15) is 0 Å². The third-order valence-electron chi connectivity index (χ3n) is 2.39. The number of benzene rings is 1. The van der Waals surface area contributed by atoms with Gasteiger partial charge < -0.3 is 19.9 Å². The Balaban J connectivity index is 2.26. The standard InChI is InChI=1S/C13H17NO5/c1-18-12(15)6-7-14-8-9-19-11-5-3-2-4-10(11)13(16)17/h2-5,14H,6-9H2,1H3,(H,16,17). The van der Waals surface area contributed by atoms with Crippen molar-refractivity contribution >= 4 is 11.9 Å². The molecule has 0 amide bonds. The van der Waals surface area contributed by atoms with Gasteiger partial charge >= 0.3 is 11.9 Å². The van der Waals surface area contributed by atoms with Crippen LogP contribution < -0.4 is 10.1 Å². The molecule has 0 unspecified atom stereocenters. The highest BCUT2D eigenvalue weighted by Gasteiger charge is 2.09. The Labute approximate surface area is 111 Å². The molecule has 0 atom stereocenters. The number of carboxylic acids is 1. The number of rotatable bonds is 8. The predicted molar refractivity (Wildman–Crippen MR) is 68.4 cm³/mol. The number of nitrogens with one attached hydrogen (secondary N) is 1. The topological polar surface area (TPSA) is 84.9 Å². The maximum absolute atomic E-state index is 10.9. The lowest BCUT2D eigenvalue weighted by Gasteiger charge is -2.09. The van der Waals surface area contributed by atoms with Gasteiger partial charge in [0, 0.05) is 13.1 Å². The van der Waals surface area contributed by atoms with Gasteiger partial charge in [-0.15, -0.1) is 0 Å². The number of carboxylic acid groups (broad SMARTS) is 1. The summed E-state index contributed by atoms with van der Waals surface area (Å²) in [6.45, 7) is 1.34. The van der Waals surface area contributed by atoms with E-state index in [2.05, 4.69) is 10.1 Å². The van der Waals surface area contributed by atoms with Crippen LogP contribution in [0.2, 0.25) is 0 Å². The molecule has 19 heavy (non-hydrogen) atoms. The Morgan fingerprint density at radius 3 is 2.68 bits per heavy atom. The average molecular weight is 267 g/mol. The zero-order valence-corrected chi connectivity index (χ0v) is 10.7. The number of hydrogen-bond acceptors (Lipinski definition) is 5. The van der Waals surface area contributed by atoms with Gasteiger partial charge in [0.05, 0.1) is 13.5 Å². The van der Waals surface area contributed by atoms with Crippen LogP contribution in [0.25, 0.3) is 0 Å². The molecule has 1 rings (SSSR count). The highest BCUT2D eigenvalue weighted by Crippen LogP contribution is 2.17. The van der Waals surface area contributed by atoms with Crippen LogP contribution in [0.3, 0.4) is 0 Å². The van der Waals surface area contributed by atoms with E-state index in [0.29, 0.717) is 31.9 Å². The molecule has 0 heterocycles. The molecule has 0 aliphatic carbocycles. The summed E-state index contributed by atoms with van der Waals surface area (Å²) >= 11 is 0. The Hall–Kier alpha value is -2.08. The van der Waals surface area contributed by atoms with E-state index in [1.807, 2.05) is 0 Å². The fraction of sp³-hybridized carbons (Fsp3) is 0.385. The number of para-hydroxylation sites is 1. The van der Waals surface area contributed by atoms with E-state index in [-0.39, 0.29) is 11.5 Å². The van der Waals surface area contributed by atoms with Gasteiger partial charge in [0.1, 0.15) is 17.9 Å². The Bertz CT molecular complexity index is 433. The first kappa shape index (κ1) is 15.0. The van der Waals surface area contributed by atoms with Crippen molar-refractivity contribution in [2.24, 2.45) is 0 Å². The monoisotopic (exact) mass is 267 g/mol. The number of carbonyl (C=O) groups is 2. The summed E-state index contributed by atoms with van der Waals surface area (Å²) in [6.07, 6.45) is 0.294. The van der Waals surface area contributed by atoms with Crippen molar-refractivity contribution < 1.29 is 24.2 Å². The van der Waals surface area contributed by atoms with Crippen LogP contribution in [0.4, 0.5) is 0 Å². The van der Waals surface area contributed by atoms with Crippen LogP contribution >= 0.6 is 0 Å². The minimum absolute atomic E-state index is 0.136. The maximum Gasteiger partial charge on any atom is 0.339 e. The van der Waals surface area contributed by atoms with Gasteiger partial charge in [0.15, 0.2) is 0 Å². The van der Waals surface area contributed by atoms with Gasteiger partial charge in [-0.1, -0.05) is 12.1 Å². The quantitative estimate of drug-likeness (QED) is 0.538. The lowest BCUT2D eigenvalue weighted by molar-refractivity contribution is -0.140. The van der Waals surface area contributed by atoms with E-state index in [9.17, 15) is 9.59 Å². The molecule has 104 valence electrons. The molecule has 6 nitrogen and oxygen atoms in total. The zero-order chi connectivity index (χ0) is 14.1. The number of carbonyl (C=O) groups excluding carboxylic acids is 1. The van der Waals surface area contributed by atoms with Crippen LogP contribution in [0, 0.1) is 0 Å². The van der Waals surface area contributed by atoms with E-state index < -0.39 is 5.97 Å². The molecule has 1 aromatic carbocycles. The van der Waals surface area contributed by atoms with Crippen LogP contribution in [-0.4, -0.2) is 43.9 Å². The fourth-order valence-electron chi connectivity index (χ4n) is 1.42. The first-order valence-corrected chi connectivity index (χ1v) is 5.88. The number of hydrogen-bond donors (Lipinski definition) is 2. The summed E-state index contributed by atoms with van der Waals surface area (Å²) in [6, 6.07) is 6.46.